The lowest BCUT2D eigenvalue weighted by atomic mass is 9.61. The number of Topliss-reactive ketones (excluding diaryl/α,β-unsaturated/α-hetero) is 1. The van der Waals surface area contributed by atoms with Crippen LogP contribution in [-0.2, 0) is 23.9 Å². The molecule has 2 rings (SSSR count). The molecule has 1 aliphatic carbocycles. The van der Waals surface area contributed by atoms with Crippen molar-refractivity contribution in [1.82, 2.24) is 0 Å². The molecular weight excluding hydrogens is 391 g/mol. The van der Waals surface area contributed by atoms with Crippen LogP contribution in [-0.4, -0.2) is 39.6 Å². The van der Waals surface area contributed by atoms with Gasteiger partial charge in [-0.15, -0.1) is 0 Å². The molecule has 30 heavy (non-hydrogen) atoms. The highest BCUT2D eigenvalue weighted by molar-refractivity contribution is 6.03. The van der Waals surface area contributed by atoms with Gasteiger partial charge in [0.2, 0.25) is 0 Å². The minimum absolute atomic E-state index is 0.245. The minimum Gasteiger partial charge on any atom is -0.460 e. The zero-order valence-corrected chi connectivity index (χ0v) is 18.6. The van der Waals surface area contributed by atoms with E-state index in [0.29, 0.717) is 0 Å². The van der Waals surface area contributed by atoms with Crippen molar-refractivity contribution in [2.75, 3.05) is 0 Å². The standard InChI is InChI=1S/C23H31FO6/c1-21(2,3)29-19(26)17-15(25)12-23(7,28)18(20(27)30-22(4,5)6)16(17)13-9-8-10-14(24)11-13/h8-11,16-18,28H,12H2,1-7H3/t16-,17-,18+,23-/m0/s1. The van der Waals surface area contributed by atoms with Crippen LogP contribution in [0.2, 0.25) is 0 Å². The summed E-state index contributed by atoms with van der Waals surface area (Å²) >= 11 is 0. The normalized spacial score (nSPS) is 27.5. The summed E-state index contributed by atoms with van der Waals surface area (Å²) in [5.41, 5.74) is -3.27. The summed E-state index contributed by atoms with van der Waals surface area (Å²) in [7, 11) is 0. The van der Waals surface area contributed by atoms with Crippen LogP contribution in [0, 0.1) is 17.7 Å². The number of hydrogen-bond donors (Lipinski definition) is 1. The molecule has 0 heterocycles. The third-order valence-electron chi connectivity index (χ3n) is 4.82. The largest absolute Gasteiger partial charge is 0.460 e. The van der Waals surface area contributed by atoms with Crippen LogP contribution in [0.4, 0.5) is 4.39 Å². The van der Waals surface area contributed by atoms with Gasteiger partial charge in [-0.1, -0.05) is 12.1 Å². The number of carbonyl (C=O) groups excluding carboxylic acids is 3. The number of aliphatic hydroxyl groups is 1. The second kappa shape index (κ2) is 8.10. The van der Waals surface area contributed by atoms with E-state index in [9.17, 15) is 23.9 Å². The van der Waals surface area contributed by atoms with Crippen LogP contribution >= 0.6 is 0 Å². The molecule has 0 spiro atoms. The van der Waals surface area contributed by atoms with Crippen LogP contribution in [0.25, 0.3) is 0 Å². The number of ketones is 1. The summed E-state index contributed by atoms with van der Waals surface area (Å²) in [5, 5.41) is 11.0. The van der Waals surface area contributed by atoms with Gasteiger partial charge in [0, 0.05) is 12.3 Å². The fourth-order valence-electron chi connectivity index (χ4n) is 3.86. The monoisotopic (exact) mass is 422 g/mol. The zero-order chi connectivity index (χ0) is 23.1. The predicted octanol–water partition coefficient (Wildman–Crippen LogP) is 3.55. The van der Waals surface area contributed by atoms with E-state index in [1.54, 1.807) is 41.5 Å². The molecule has 0 bridgehead atoms. The summed E-state index contributed by atoms with van der Waals surface area (Å²) < 4.78 is 25.0. The molecule has 166 valence electrons. The molecule has 0 unspecified atom stereocenters. The van der Waals surface area contributed by atoms with Crippen molar-refractivity contribution in [2.45, 2.75) is 77.6 Å². The summed E-state index contributed by atoms with van der Waals surface area (Å²) in [6, 6.07) is 5.33. The number of carbonyl (C=O) groups is 3. The summed E-state index contributed by atoms with van der Waals surface area (Å²) in [6.45, 7) is 11.4. The van der Waals surface area contributed by atoms with Crippen molar-refractivity contribution < 1.29 is 33.4 Å². The highest BCUT2D eigenvalue weighted by atomic mass is 19.1. The van der Waals surface area contributed by atoms with Crippen molar-refractivity contribution in [3.8, 4) is 0 Å². The molecule has 1 aliphatic rings. The van der Waals surface area contributed by atoms with Gasteiger partial charge in [0.05, 0.1) is 11.5 Å². The molecule has 1 saturated carbocycles. The Morgan fingerprint density at radius 2 is 1.60 bits per heavy atom. The average molecular weight is 422 g/mol. The van der Waals surface area contributed by atoms with E-state index in [1.807, 2.05) is 0 Å². The van der Waals surface area contributed by atoms with Gasteiger partial charge in [0.15, 0.2) is 5.78 Å². The SMILES string of the molecule is CC(C)(C)OC(=O)[C@H]1C(=O)C[C@](C)(O)[C@@H](C(=O)OC(C)(C)C)[C@H]1c1cccc(F)c1. The van der Waals surface area contributed by atoms with Crippen molar-refractivity contribution in [2.24, 2.45) is 11.8 Å². The number of rotatable bonds is 3. The van der Waals surface area contributed by atoms with Gasteiger partial charge in [-0.2, -0.15) is 0 Å². The number of esters is 2. The highest BCUT2D eigenvalue weighted by Gasteiger charge is 2.57. The number of hydrogen-bond acceptors (Lipinski definition) is 6. The molecule has 0 aromatic heterocycles. The lowest BCUT2D eigenvalue weighted by Crippen LogP contribution is -2.56. The predicted molar refractivity (Wildman–Crippen MR) is 108 cm³/mol. The van der Waals surface area contributed by atoms with Gasteiger partial charge in [-0.3, -0.25) is 14.4 Å². The Hall–Kier alpha value is -2.28. The Labute approximate surface area is 176 Å². The van der Waals surface area contributed by atoms with E-state index in [2.05, 4.69) is 0 Å². The van der Waals surface area contributed by atoms with Crippen LogP contribution in [0.1, 0.15) is 66.4 Å². The first kappa shape index (κ1) is 24.0. The Morgan fingerprint density at radius 1 is 1.07 bits per heavy atom. The van der Waals surface area contributed by atoms with Gasteiger partial charge in [0.25, 0.3) is 0 Å². The Balaban J connectivity index is 2.64. The van der Waals surface area contributed by atoms with E-state index >= 15 is 0 Å². The van der Waals surface area contributed by atoms with Gasteiger partial charge in [-0.25, -0.2) is 4.39 Å². The maximum absolute atomic E-state index is 14.0. The second-order valence-electron chi connectivity index (χ2n) is 10.1. The molecule has 1 N–H and O–H groups in total. The van der Waals surface area contributed by atoms with Crippen molar-refractivity contribution >= 4 is 17.7 Å². The lowest BCUT2D eigenvalue weighted by Gasteiger charge is -2.44. The van der Waals surface area contributed by atoms with Crippen LogP contribution < -0.4 is 0 Å². The fraction of sp³-hybridized carbons (Fsp3) is 0.609. The van der Waals surface area contributed by atoms with E-state index < -0.39 is 64.5 Å². The molecule has 1 fully saturated rings. The smallest absolute Gasteiger partial charge is 0.317 e. The Morgan fingerprint density at radius 3 is 2.10 bits per heavy atom. The lowest BCUT2D eigenvalue weighted by molar-refractivity contribution is -0.182. The summed E-state index contributed by atoms with van der Waals surface area (Å²) in [6.07, 6.45) is -0.424. The van der Waals surface area contributed by atoms with Gasteiger partial charge < -0.3 is 14.6 Å². The quantitative estimate of drug-likeness (QED) is 0.592. The van der Waals surface area contributed by atoms with Crippen LogP contribution in [0.5, 0.6) is 0 Å². The van der Waals surface area contributed by atoms with E-state index in [0.717, 1.165) is 6.07 Å². The number of halogens is 1. The first-order chi connectivity index (χ1) is 13.5. The van der Waals surface area contributed by atoms with Gasteiger partial charge >= 0.3 is 11.9 Å². The third-order valence-corrected chi connectivity index (χ3v) is 4.82. The van der Waals surface area contributed by atoms with E-state index in [1.165, 1.54) is 25.1 Å². The fourth-order valence-corrected chi connectivity index (χ4v) is 3.86. The summed E-state index contributed by atoms with van der Waals surface area (Å²) in [5.74, 6) is -6.51. The molecule has 7 heteroatoms. The first-order valence-electron chi connectivity index (χ1n) is 9.98. The molecule has 1 aromatic rings. The topological polar surface area (TPSA) is 89.9 Å². The highest BCUT2D eigenvalue weighted by Crippen LogP contribution is 2.47. The average Bonchev–Trinajstić information content (AvgIpc) is 2.49. The van der Waals surface area contributed by atoms with Gasteiger partial charge in [-0.05, 0) is 66.2 Å². The van der Waals surface area contributed by atoms with Crippen LogP contribution in [0.15, 0.2) is 24.3 Å². The second-order valence-corrected chi connectivity index (χ2v) is 10.1. The zero-order valence-electron chi connectivity index (χ0n) is 18.6. The van der Waals surface area contributed by atoms with Crippen molar-refractivity contribution in [3.63, 3.8) is 0 Å². The molecule has 1 aromatic carbocycles. The number of ether oxygens (including phenoxy) is 2. The molecular formula is C23H31FO6. The van der Waals surface area contributed by atoms with Gasteiger partial charge in [0.1, 0.15) is 22.9 Å². The first-order valence-corrected chi connectivity index (χ1v) is 9.98. The Kier molecular flexibility index (Phi) is 6.48. The molecule has 0 amide bonds. The van der Waals surface area contributed by atoms with Crippen molar-refractivity contribution in [1.29, 1.82) is 0 Å². The third kappa shape index (κ3) is 5.65. The number of benzene rings is 1. The molecule has 6 nitrogen and oxygen atoms in total. The van der Waals surface area contributed by atoms with E-state index in [4.69, 9.17) is 9.47 Å². The Bertz CT molecular complexity index is 831. The summed E-state index contributed by atoms with van der Waals surface area (Å²) in [4.78, 5) is 39.1. The minimum atomic E-state index is -1.78. The molecule has 4 atom stereocenters. The van der Waals surface area contributed by atoms with E-state index in [-0.39, 0.29) is 5.56 Å². The molecule has 0 saturated heterocycles. The maximum atomic E-state index is 14.0. The molecule has 0 aliphatic heterocycles. The molecule has 0 radical (unpaired) electrons. The van der Waals surface area contributed by atoms with Crippen LogP contribution in [0.3, 0.4) is 0 Å². The van der Waals surface area contributed by atoms with Crippen molar-refractivity contribution in [3.05, 3.63) is 35.6 Å². The maximum Gasteiger partial charge on any atom is 0.317 e.